The van der Waals surface area contributed by atoms with E-state index in [0.29, 0.717) is 48.7 Å². The van der Waals surface area contributed by atoms with Crippen molar-refractivity contribution in [2.45, 2.75) is 6.92 Å². The summed E-state index contributed by atoms with van der Waals surface area (Å²) in [5.74, 6) is -0.623. The maximum Gasteiger partial charge on any atom is 0.253 e. The zero-order valence-electron chi connectivity index (χ0n) is 14.4. The number of amides is 1. The van der Waals surface area contributed by atoms with Crippen molar-refractivity contribution in [3.05, 3.63) is 59.4 Å². The molecule has 2 aromatic carbocycles. The number of anilines is 2. The van der Waals surface area contributed by atoms with Gasteiger partial charge in [0.15, 0.2) is 5.78 Å². The summed E-state index contributed by atoms with van der Waals surface area (Å²) >= 11 is 0. The van der Waals surface area contributed by atoms with Gasteiger partial charge in [0, 0.05) is 43.0 Å². The van der Waals surface area contributed by atoms with E-state index >= 15 is 0 Å². The second-order valence-electron chi connectivity index (χ2n) is 6.12. The van der Waals surface area contributed by atoms with Crippen LogP contribution in [0.1, 0.15) is 27.6 Å². The van der Waals surface area contributed by atoms with E-state index < -0.39 is 5.82 Å². The molecule has 0 radical (unpaired) electrons. The van der Waals surface area contributed by atoms with Gasteiger partial charge in [0.25, 0.3) is 5.91 Å². The van der Waals surface area contributed by atoms with Gasteiger partial charge in [-0.05, 0) is 49.4 Å². The Hall–Kier alpha value is -2.60. The van der Waals surface area contributed by atoms with E-state index in [-0.39, 0.29) is 24.1 Å². The summed E-state index contributed by atoms with van der Waals surface area (Å²) in [7, 11) is 0. The molecule has 26 heavy (non-hydrogen) atoms. The first-order valence-corrected chi connectivity index (χ1v) is 8.16. The van der Waals surface area contributed by atoms with E-state index in [9.17, 15) is 14.0 Å². The third-order valence-electron chi connectivity index (χ3n) is 4.42. The molecule has 0 aliphatic carbocycles. The molecule has 1 saturated heterocycles. The Morgan fingerprint density at radius 1 is 0.962 bits per heavy atom. The number of rotatable bonds is 3. The second-order valence-corrected chi connectivity index (χ2v) is 6.12. The molecule has 2 N–H and O–H groups in total. The summed E-state index contributed by atoms with van der Waals surface area (Å²) in [5, 5.41) is 0. The Labute approximate surface area is 158 Å². The van der Waals surface area contributed by atoms with Gasteiger partial charge in [0.2, 0.25) is 0 Å². The van der Waals surface area contributed by atoms with Gasteiger partial charge < -0.3 is 15.5 Å². The zero-order chi connectivity index (χ0) is 18.0. The lowest BCUT2D eigenvalue weighted by molar-refractivity contribution is 0.0746. The number of nitrogens with zero attached hydrogens (tertiary/aromatic N) is 2. The molecule has 1 amide bonds. The third kappa shape index (κ3) is 4.14. The summed E-state index contributed by atoms with van der Waals surface area (Å²) in [5.41, 5.74) is 7.68. The van der Waals surface area contributed by atoms with Gasteiger partial charge in [-0.15, -0.1) is 12.4 Å². The number of hydrogen-bond donors (Lipinski definition) is 1. The van der Waals surface area contributed by atoms with E-state index in [0.717, 1.165) is 0 Å². The Kier molecular flexibility index (Phi) is 6.21. The number of Topliss-reactive ketones (excluding diaryl/α,β-unsaturated/α-hetero) is 1. The van der Waals surface area contributed by atoms with Crippen LogP contribution in [0.2, 0.25) is 0 Å². The van der Waals surface area contributed by atoms with Crippen LogP contribution in [0.4, 0.5) is 15.8 Å². The first-order valence-electron chi connectivity index (χ1n) is 8.16. The molecule has 0 aromatic heterocycles. The van der Waals surface area contributed by atoms with Crippen molar-refractivity contribution in [1.82, 2.24) is 4.90 Å². The average molecular weight is 378 g/mol. The lowest BCUT2D eigenvalue weighted by Crippen LogP contribution is -2.49. The first kappa shape index (κ1) is 19.7. The first-order chi connectivity index (χ1) is 12.0. The monoisotopic (exact) mass is 377 g/mol. The number of nitrogens with two attached hydrogens (primary N) is 1. The number of hydrogen-bond acceptors (Lipinski definition) is 4. The predicted octanol–water partition coefficient (Wildman–Crippen LogP) is 2.99. The largest absolute Gasteiger partial charge is 0.399 e. The van der Waals surface area contributed by atoms with Crippen molar-refractivity contribution in [2.75, 3.05) is 36.8 Å². The van der Waals surface area contributed by atoms with Gasteiger partial charge in [-0.25, -0.2) is 4.39 Å². The molecule has 1 aliphatic heterocycles. The minimum Gasteiger partial charge on any atom is -0.399 e. The average Bonchev–Trinajstić information content (AvgIpc) is 2.62. The molecule has 3 rings (SSSR count). The lowest BCUT2D eigenvalue weighted by Gasteiger charge is -2.36. The number of piperazine rings is 1. The summed E-state index contributed by atoms with van der Waals surface area (Å²) in [4.78, 5) is 27.5. The molecule has 2 aromatic rings. The lowest BCUT2D eigenvalue weighted by atomic mass is 10.1. The van der Waals surface area contributed by atoms with Crippen molar-refractivity contribution >= 4 is 35.5 Å². The molecule has 0 spiro atoms. The van der Waals surface area contributed by atoms with Crippen LogP contribution in [-0.4, -0.2) is 42.8 Å². The Morgan fingerprint density at radius 2 is 1.54 bits per heavy atom. The maximum absolute atomic E-state index is 14.3. The smallest absolute Gasteiger partial charge is 0.253 e. The molecule has 1 heterocycles. The van der Waals surface area contributed by atoms with E-state index in [1.807, 2.05) is 4.90 Å². The molecule has 1 aliphatic rings. The Balaban J connectivity index is 0.00000243. The molecule has 5 nitrogen and oxygen atoms in total. The molecule has 7 heteroatoms. The van der Waals surface area contributed by atoms with Crippen LogP contribution < -0.4 is 10.6 Å². The van der Waals surface area contributed by atoms with Gasteiger partial charge in [0.1, 0.15) is 5.82 Å². The SMILES string of the molecule is CC(=O)c1ccc(N2CCN(C(=O)c3ccc(N)cc3)CC2)c(F)c1.Cl. The number of ketones is 1. The minimum atomic E-state index is -0.411. The van der Waals surface area contributed by atoms with Gasteiger partial charge >= 0.3 is 0 Å². The molecule has 1 fully saturated rings. The highest BCUT2D eigenvalue weighted by Crippen LogP contribution is 2.23. The fraction of sp³-hybridized carbons (Fsp3) is 0.263. The van der Waals surface area contributed by atoms with Crippen molar-refractivity contribution in [3.8, 4) is 0 Å². The normalized spacial score (nSPS) is 13.9. The van der Waals surface area contributed by atoms with E-state index in [1.165, 1.54) is 13.0 Å². The molecular weight excluding hydrogens is 357 g/mol. The molecule has 138 valence electrons. The quantitative estimate of drug-likeness (QED) is 0.659. The number of carbonyl (C=O) groups excluding carboxylic acids is 2. The van der Waals surface area contributed by atoms with Gasteiger partial charge in [-0.3, -0.25) is 9.59 Å². The topological polar surface area (TPSA) is 66.6 Å². The van der Waals surface area contributed by atoms with Crippen LogP contribution in [0.15, 0.2) is 42.5 Å². The van der Waals surface area contributed by atoms with Crippen LogP contribution >= 0.6 is 12.4 Å². The summed E-state index contributed by atoms with van der Waals surface area (Å²) in [6.45, 7) is 3.51. The Bertz CT molecular complexity index is 803. The number of benzene rings is 2. The third-order valence-corrected chi connectivity index (χ3v) is 4.42. The minimum absolute atomic E-state index is 0. The molecule has 0 bridgehead atoms. The van der Waals surface area contributed by atoms with Crippen molar-refractivity contribution in [3.63, 3.8) is 0 Å². The fourth-order valence-electron chi connectivity index (χ4n) is 2.94. The predicted molar refractivity (Wildman–Crippen MR) is 103 cm³/mol. The van der Waals surface area contributed by atoms with Gasteiger partial charge in [-0.2, -0.15) is 0 Å². The van der Waals surface area contributed by atoms with Crippen molar-refractivity contribution < 1.29 is 14.0 Å². The zero-order valence-corrected chi connectivity index (χ0v) is 15.3. The van der Waals surface area contributed by atoms with Crippen LogP contribution in [0.3, 0.4) is 0 Å². The number of nitrogen functional groups attached to an aromatic ring is 1. The second kappa shape index (κ2) is 8.19. The summed E-state index contributed by atoms with van der Waals surface area (Å²) in [6.07, 6.45) is 0. The number of carbonyl (C=O) groups is 2. The van der Waals surface area contributed by atoms with Crippen LogP contribution in [0.25, 0.3) is 0 Å². The summed E-state index contributed by atoms with van der Waals surface area (Å²) < 4.78 is 14.3. The Morgan fingerprint density at radius 3 is 2.08 bits per heavy atom. The number of halogens is 2. The van der Waals surface area contributed by atoms with Crippen LogP contribution in [0.5, 0.6) is 0 Å². The maximum atomic E-state index is 14.3. The highest BCUT2D eigenvalue weighted by molar-refractivity contribution is 5.95. The van der Waals surface area contributed by atoms with Gasteiger partial charge in [0.05, 0.1) is 5.69 Å². The van der Waals surface area contributed by atoms with Gasteiger partial charge in [-0.1, -0.05) is 0 Å². The molecular formula is C19H21ClFN3O2. The standard InChI is InChI=1S/C19H20FN3O2.ClH/c1-13(24)15-4-7-18(17(20)12-15)22-8-10-23(11-9-22)19(25)14-2-5-16(21)6-3-14;/h2-7,12H,8-11,21H2,1H3;1H. The van der Waals surface area contributed by atoms with Crippen molar-refractivity contribution in [1.29, 1.82) is 0 Å². The molecule has 0 saturated carbocycles. The van der Waals surface area contributed by atoms with Crippen LogP contribution in [-0.2, 0) is 0 Å². The van der Waals surface area contributed by atoms with E-state index in [2.05, 4.69) is 0 Å². The fourth-order valence-corrected chi connectivity index (χ4v) is 2.94. The highest BCUT2D eigenvalue weighted by Gasteiger charge is 2.23. The molecule has 0 unspecified atom stereocenters. The van der Waals surface area contributed by atoms with Crippen LogP contribution in [0, 0.1) is 5.82 Å². The van der Waals surface area contributed by atoms with Crippen molar-refractivity contribution in [2.24, 2.45) is 0 Å². The van der Waals surface area contributed by atoms with E-state index in [1.54, 1.807) is 41.3 Å². The van der Waals surface area contributed by atoms with E-state index in [4.69, 9.17) is 5.73 Å². The summed E-state index contributed by atoms with van der Waals surface area (Å²) in [6, 6.07) is 11.4. The molecule has 0 atom stereocenters. The highest BCUT2D eigenvalue weighted by atomic mass is 35.5.